The van der Waals surface area contributed by atoms with E-state index in [0.29, 0.717) is 6.54 Å². The fourth-order valence-electron chi connectivity index (χ4n) is 2.32. The third-order valence-electron chi connectivity index (χ3n) is 3.79. The van der Waals surface area contributed by atoms with E-state index in [4.69, 9.17) is 9.47 Å². The molecule has 1 aliphatic heterocycles. The van der Waals surface area contributed by atoms with Crippen molar-refractivity contribution >= 4 is 5.91 Å². The van der Waals surface area contributed by atoms with Gasteiger partial charge in [-0.2, -0.15) is 0 Å². The molecule has 0 saturated carbocycles. The molecule has 1 atom stereocenters. The van der Waals surface area contributed by atoms with Crippen LogP contribution < -0.4 is 5.32 Å². The van der Waals surface area contributed by atoms with Gasteiger partial charge in [-0.15, -0.1) is 0 Å². The number of nitrogens with zero attached hydrogens (tertiary/aromatic N) is 1. The minimum atomic E-state index is -0.420. The van der Waals surface area contributed by atoms with Gasteiger partial charge in [0.25, 0.3) is 0 Å². The maximum absolute atomic E-state index is 11.8. The summed E-state index contributed by atoms with van der Waals surface area (Å²) >= 11 is 0. The fourth-order valence-corrected chi connectivity index (χ4v) is 2.32. The highest BCUT2D eigenvalue weighted by Gasteiger charge is 2.14. The Morgan fingerprint density at radius 2 is 2.00 bits per heavy atom. The van der Waals surface area contributed by atoms with Crippen molar-refractivity contribution in [2.24, 2.45) is 0 Å². The summed E-state index contributed by atoms with van der Waals surface area (Å²) in [4.78, 5) is 14.2. The van der Waals surface area contributed by atoms with E-state index >= 15 is 0 Å². The van der Waals surface area contributed by atoms with Crippen molar-refractivity contribution in [3.8, 4) is 0 Å². The lowest BCUT2D eigenvalue weighted by Gasteiger charge is -2.27. The Bertz CT molecular complexity index is 459. The van der Waals surface area contributed by atoms with Crippen LogP contribution in [0.1, 0.15) is 18.1 Å². The highest BCUT2D eigenvalue weighted by Crippen LogP contribution is 2.13. The second kappa shape index (κ2) is 8.12. The summed E-state index contributed by atoms with van der Waals surface area (Å²) in [6, 6.07) is 8.23. The van der Waals surface area contributed by atoms with Crippen molar-refractivity contribution < 1.29 is 14.3 Å². The molecule has 1 amide bonds. The molecule has 2 rings (SSSR count). The Morgan fingerprint density at radius 3 is 2.67 bits per heavy atom. The van der Waals surface area contributed by atoms with Gasteiger partial charge in [-0.25, -0.2) is 0 Å². The number of rotatable bonds is 6. The summed E-state index contributed by atoms with van der Waals surface area (Å²) in [6.07, 6.45) is -0.420. The van der Waals surface area contributed by atoms with Gasteiger partial charge < -0.3 is 14.8 Å². The van der Waals surface area contributed by atoms with E-state index in [2.05, 4.69) is 22.3 Å². The van der Waals surface area contributed by atoms with Crippen molar-refractivity contribution in [1.82, 2.24) is 10.2 Å². The molecule has 1 heterocycles. The quantitative estimate of drug-likeness (QED) is 0.855. The highest BCUT2D eigenvalue weighted by atomic mass is 16.5. The summed E-state index contributed by atoms with van der Waals surface area (Å²) in [6.45, 7) is 6.69. The summed E-state index contributed by atoms with van der Waals surface area (Å²) < 4.78 is 10.4. The van der Waals surface area contributed by atoms with Crippen LogP contribution in [-0.4, -0.2) is 50.3 Å². The van der Waals surface area contributed by atoms with E-state index in [1.54, 1.807) is 6.92 Å². The van der Waals surface area contributed by atoms with E-state index in [9.17, 15) is 4.79 Å². The lowest BCUT2D eigenvalue weighted by atomic mass is 10.1. The van der Waals surface area contributed by atoms with Gasteiger partial charge in [-0.1, -0.05) is 24.3 Å². The number of methoxy groups -OCH3 is 1. The average molecular weight is 292 g/mol. The Kier molecular flexibility index (Phi) is 6.17. The first kappa shape index (κ1) is 15.9. The number of benzene rings is 1. The number of nitrogens with one attached hydrogen (secondary N) is 1. The molecule has 116 valence electrons. The molecule has 1 aromatic rings. The Morgan fingerprint density at radius 1 is 1.33 bits per heavy atom. The molecule has 1 saturated heterocycles. The minimum absolute atomic E-state index is 0.0846. The number of ether oxygens (including phenoxy) is 2. The summed E-state index contributed by atoms with van der Waals surface area (Å²) in [7, 11) is 1.54. The van der Waals surface area contributed by atoms with Gasteiger partial charge in [-0.3, -0.25) is 9.69 Å². The summed E-state index contributed by atoms with van der Waals surface area (Å²) in [5, 5.41) is 2.92. The monoisotopic (exact) mass is 292 g/mol. The molecule has 21 heavy (non-hydrogen) atoms. The zero-order valence-electron chi connectivity index (χ0n) is 12.8. The van der Waals surface area contributed by atoms with E-state index in [1.807, 2.05) is 12.1 Å². The molecule has 1 fully saturated rings. The maximum Gasteiger partial charge on any atom is 0.249 e. The number of morpholine rings is 1. The van der Waals surface area contributed by atoms with Crippen molar-refractivity contribution in [2.45, 2.75) is 26.1 Å². The lowest BCUT2D eigenvalue weighted by Crippen LogP contribution is -2.36. The van der Waals surface area contributed by atoms with Crippen LogP contribution in [0.5, 0.6) is 0 Å². The van der Waals surface area contributed by atoms with Crippen LogP contribution in [-0.2, 0) is 27.4 Å². The van der Waals surface area contributed by atoms with Crippen LogP contribution in [0.3, 0.4) is 0 Å². The third-order valence-corrected chi connectivity index (χ3v) is 3.79. The van der Waals surface area contributed by atoms with Crippen molar-refractivity contribution in [2.75, 3.05) is 33.4 Å². The predicted molar refractivity (Wildman–Crippen MR) is 80.9 cm³/mol. The van der Waals surface area contributed by atoms with Crippen LogP contribution in [0.2, 0.25) is 0 Å². The number of hydrogen-bond donors (Lipinski definition) is 1. The average Bonchev–Trinajstić information content (AvgIpc) is 2.54. The second-order valence-electron chi connectivity index (χ2n) is 5.25. The van der Waals surface area contributed by atoms with Crippen LogP contribution in [0.25, 0.3) is 0 Å². The van der Waals surface area contributed by atoms with Gasteiger partial charge in [0.1, 0.15) is 6.10 Å². The van der Waals surface area contributed by atoms with Crippen molar-refractivity contribution in [3.63, 3.8) is 0 Å². The van der Waals surface area contributed by atoms with E-state index in [-0.39, 0.29) is 5.91 Å². The van der Waals surface area contributed by atoms with Gasteiger partial charge in [0, 0.05) is 33.3 Å². The van der Waals surface area contributed by atoms with Gasteiger partial charge >= 0.3 is 0 Å². The normalized spacial score (nSPS) is 17.4. The molecule has 0 spiro atoms. The van der Waals surface area contributed by atoms with Crippen LogP contribution in [0.15, 0.2) is 24.3 Å². The summed E-state index contributed by atoms with van der Waals surface area (Å²) in [5.74, 6) is -0.0846. The largest absolute Gasteiger partial charge is 0.379 e. The van der Waals surface area contributed by atoms with E-state index in [1.165, 1.54) is 12.7 Å². The Balaban J connectivity index is 1.94. The van der Waals surface area contributed by atoms with Gasteiger partial charge in [0.15, 0.2) is 0 Å². The molecule has 1 unspecified atom stereocenters. The SMILES string of the molecule is COC(C)C(=O)NCc1ccccc1CN1CCOCC1. The maximum atomic E-state index is 11.8. The van der Waals surface area contributed by atoms with Crippen LogP contribution in [0, 0.1) is 0 Å². The van der Waals surface area contributed by atoms with E-state index < -0.39 is 6.10 Å². The molecule has 0 aliphatic carbocycles. The predicted octanol–water partition coefficient (Wildman–Crippen LogP) is 1.17. The minimum Gasteiger partial charge on any atom is -0.379 e. The van der Waals surface area contributed by atoms with Crippen molar-refractivity contribution in [1.29, 1.82) is 0 Å². The summed E-state index contributed by atoms with van der Waals surface area (Å²) in [5.41, 5.74) is 2.41. The fraction of sp³-hybridized carbons (Fsp3) is 0.562. The highest BCUT2D eigenvalue weighted by molar-refractivity contribution is 5.80. The van der Waals surface area contributed by atoms with Crippen molar-refractivity contribution in [3.05, 3.63) is 35.4 Å². The first-order valence-electron chi connectivity index (χ1n) is 7.38. The standard InChI is InChI=1S/C16H24N2O3/c1-13(20-2)16(19)17-11-14-5-3-4-6-15(14)12-18-7-9-21-10-8-18/h3-6,13H,7-12H2,1-2H3,(H,17,19). The number of hydrogen-bond acceptors (Lipinski definition) is 4. The number of carbonyl (C=O) groups is 1. The molecule has 5 heteroatoms. The zero-order chi connectivity index (χ0) is 15.1. The van der Waals surface area contributed by atoms with E-state index in [0.717, 1.165) is 38.4 Å². The molecule has 1 N–H and O–H groups in total. The molecular formula is C16H24N2O3. The molecule has 0 bridgehead atoms. The topological polar surface area (TPSA) is 50.8 Å². The molecule has 1 aliphatic rings. The third kappa shape index (κ3) is 4.81. The smallest absolute Gasteiger partial charge is 0.249 e. The van der Waals surface area contributed by atoms with Gasteiger partial charge in [0.2, 0.25) is 5.91 Å². The van der Waals surface area contributed by atoms with Gasteiger partial charge in [0.05, 0.1) is 13.2 Å². The molecule has 0 radical (unpaired) electrons. The Hall–Kier alpha value is -1.43. The zero-order valence-corrected chi connectivity index (χ0v) is 12.8. The molecular weight excluding hydrogens is 268 g/mol. The van der Waals surface area contributed by atoms with Crippen LogP contribution in [0.4, 0.5) is 0 Å². The first-order valence-corrected chi connectivity index (χ1v) is 7.38. The second-order valence-corrected chi connectivity index (χ2v) is 5.25. The Labute approximate surface area is 126 Å². The molecule has 1 aromatic carbocycles. The number of carbonyl (C=O) groups excluding carboxylic acids is 1. The number of amides is 1. The molecule has 0 aromatic heterocycles. The van der Waals surface area contributed by atoms with Crippen LogP contribution >= 0.6 is 0 Å². The lowest BCUT2D eigenvalue weighted by molar-refractivity contribution is -0.130. The first-order chi connectivity index (χ1) is 10.2. The molecule has 5 nitrogen and oxygen atoms in total. The van der Waals surface area contributed by atoms with Gasteiger partial charge in [-0.05, 0) is 18.1 Å².